The maximum atomic E-state index is 11.1. The first-order valence-corrected chi connectivity index (χ1v) is 9.96. The van der Waals surface area contributed by atoms with Crippen LogP contribution in [0.3, 0.4) is 0 Å². The van der Waals surface area contributed by atoms with Crippen LogP contribution >= 0.6 is 11.6 Å². The molecule has 2 atom stereocenters. The monoisotopic (exact) mass is 409 g/mol. The maximum Gasteiger partial charge on any atom is 0.335 e. The van der Waals surface area contributed by atoms with E-state index in [1.807, 2.05) is 42.5 Å². The molecule has 0 bridgehead atoms. The van der Waals surface area contributed by atoms with Crippen LogP contribution in [-0.4, -0.2) is 22.3 Å². The van der Waals surface area contributed by atoms with Crippen molar-refractivity contribution < 1.29 is 15.0 Å². The van der Waals surface area contributed by atoms with E-state index < -0.39 is 12.1 Å². The predicted molar refractivity (Wildman–Crippen MR) is 117 cm³/mol. The van der Waals surface area contributed by atoms with Gasteiger partial charge in [0.1, 0.15) is 0 Å². The summed E-state index contributed by atoms with van der Waals surface area (Å²) in [6.07, 6.45) is 1.51. The first-order valence-electron chi connectivity index (χ1n) is 9.58. The van der Waals surface area contributed by atoms with Crippen molar-refractivity contribution in [1.29, 1.82) is 0 Å². The molecule has 3 N–H and O–H groups in total. The molecule has 3 rings (SSSR count). The van der Waals surface area contributed by atoms with Gasteiger partial charge in [-0.1, -0.05) is 54.1 Å². The van der Waals surface area contributed by atoms with Gasteiger partial charge >= 0.3 is 5.97 Å². The third-order valence-corrected chi connectivity index (χ3v) is 5.11. The summed E-state index contributed by atoms with van der Waals surface area (Å²) in [5.41, 5.74) is 3.24. The predicted octanol–water partition coefficient (Wildman–Crippen LogP) is 5.58. The second-order valence-corrected chi connectivity index (χ2v) is 7.48. The number of aryl methyl sites for hydroxylation is 1. The van der Waals surface area contributed by atoms with Crippen molar-refractivity contribution in [2.24, 2.45) is 0 Å². The number of carboxylic acid groups (broad SMARTS) is 1. The SMILES string of the molecule is O=C(O)c1ccc(NC(CC(O)CCc2ccccc2)c2ccc(Cl)cc2)cc1. The Morgan fingerprint density at radius 3 is 2.21 bits per heavy atom. The fraction of sp³-hybridized carbons (Fsp3) is 0.208. The molecule has 150 valence electrons. The minimum atomic E-state index is -0.956. The number of aliphatic hydroxyl groups excluding tert-OH is 1. The van der Waals surface area contributed by atoms with E-state index in [0.29, 0.717) is 17.9 Å². The number of benzene rings is 3. The standard InChI is InChI=1S/C24H24ClNO3/c25-20-11-7-18(8-12-20)23(26-21-13-9-19(10-14-21)24(28)29)16-22(27)15-6-17-4-2-1-3-5-17/h1-5,7-14,22-23,26-27H,6,15-16H2,(H,28,29). The van der Waals surface area contributed by atoms with E-state index >= 15 is 0 Å². The average Bonchev–Trinajstić information content (AvgIpc) is 2.73. The summed E-state index contributed by atoms with van der Waals surface area (Å²) < 4.78 is 0. The van der Waals surface area contributed by atoms with Crippen LogP contribution in [0.15, 0.2) is 78.9 Å². The summed E-state index contributed by atoms with van der Waals surface area (Å²) in [6.45, 7) is 0. The summed E-state index contributed by atoms with van der Waals surface area (Å²) in [5.74, 6) is -0.956. The van der Waals surface area contributed by atoms with Gasteiger partial charge in [-0.25, -0.2) is 4.79 Å². The smallest absolute Gasteiger partial charge is 0.335 e. The van der Waals surface area contributed by atoms with Crippen LogP contribution in [0.1, 0.15) is 40.4 Å². The Bertz CT molecular complexity index is 911. The van der Waals surface area contributed by atoms with Crippen LogP contribution in [0.5, 0.6) is 0 Å². The molecule has 0 aliphatic carbocycles. The Kier molecular flexibility index (Phi) is 7.28. The molecule has 0 radical (unpaired) electrons. The third kappa shape index (κ3) is 6.34. The van der Waals surface area contributed by atoms with Gasteiger partial charge in [-0.05, 0) is 66.8 Å². The Morgan fingerprint density at radius 1 is 0.931 bits per heavy atom. The van der Waals surface area contributed by atoms with Gasteiger partial charge < -0.3 is 15.5 Å². The zero-order valence-electron chi connectivity index (χ0n) is 16.0. The van der Waals surface area contributed by atoms with Crippen LogP contribution in [0.2, 0.25) is 5.02 Å². The molecule has 0 heterocycles. The fourth-order valence-corrected chi connectivity index (χ4v) is 3.38. The number of aromatic carboxylic acids is 1. The van der Waals surface area contributed by atoms with Crippen molar-refractivity contribution in [3.63, 3.8) is 0 Å². The van der Waals surface area contributed by atoms with Gasteiger partial charge in [0.2, 0.25) is 0 Å². The normalized spacial score (nSPS) is 12.9. The highest BCUT2D eigenvalue weighted by Gasteiger charge is 2.17. The second kappa shape index (κ2) is 10.1. The molecule has 0 spiro atoms. The lowest BCUT2D eigenvalue weighted by molar-refractivity contribution is 0.0697. The quantitative estimate of drug-likeness (QED) is 0.431. The van der Waals surface area contributed by atoms with Crippen LogP contribution in [0.4, 0.5) is 5.69 Å². The lowest BCUT2D eigenvalue weighted by Gasteiger charge is -2.23. The number of aliphatic hydroxyl groups is 1. The number of carbonyl (C=O) groups is 1. The molecule has 4 nitrogen and oxygen atoms in total. The molecule has 0 saturated carbocycles. The van der Waals surface area contributed by atoms with Crippen molar-refractivity contribution in [2.75, 3.05) is 5.32 Å². The zero-order valence-corrected chi connectivity index (χ0v) is 16.7. The van der Waals surface area contributed by atoms with Crippen molar-refractivity contribution in [3.05, 3.63) is 101 Å². The summed E-state index contributed by atoms with van der Waals surface area (Å²) in [4.78, 5) is 11.1. The molecule has 29 heavy (non-hydrogen) atoms. The van der Waals surface area contributed by atoms with Gasteiger partial charge in [-0.15, -0.1) is 0 Å². The van der Waals surface area contributed by atoms with E-state index in [9.17, 15) is 9.90 Å². The van der Waals surface area contributed by atoms with Gasteiger partial charge in [0.15, 0.2) is 0 Å². The van der Waals surface area contributed by atoms with Crippen molar-refractivity contribution in [1.82, 2.24) is 0 Å². The molecule has 5 heteroatoms. The van der Waals surface area contributed by atoms with Gasteiger partial charge in [0.05, 0.1) is 17.7 Å². The summed E-state index contributed by atoms with van der Waals surface area (Å²) in [6, 6.07) is 24.1. The van der Waals surface area contributed by atoms with E-state index in [0.717, 1.165) is 17.7 Å². The molecule has 0 saturated heterocycles. The number of halogens is 1. The van der Waals surface area contributed by atoms with E-state index in [-0.39, 0.29) is 11.6 Å². The molecule has 2 unspecified atom stereocenters. The Balaban J connectivity index is 1.70. The third-order valence-electron chi connectivity index (χ3n) is 4.86. The highest BCUT2D eigenvalue weighted by Crippen LogP contribution is 2.27. The lowest BCUT2D eigenvalue weighted by atomic mass is 9.96. The molecule has 0 aliphatic heterocycles. The summed E-state index contributed by atoms with van der Waals surface area (Å²) in [7, 11) is 0. The maximum absolute atomic E-state index is 11.1. The number of carboxylic acids is 1. The van der Waals surface area contributed by atoms with E-state index in [4.69, 9.17) is 16.7 Å². The first-order chi connectivity index (χ1) is 14.0. The molecule has 0 amide bonds. The fourth-order valence-electron chi connectivity index (χ4n) is 3.25. The highest BCUT2D eigenvalue weighted by molar-refractivity contribution is 6.30. The number of hydrogen-bond acceptors (Lipinski definition) is 3. The Labute approximate surface area is 175 Å². The summed E-state index contributed by atoms with van der Waals surface area (Å²) >= 11 is 6.02. The number of nitrogens with one attached hydrogen (secondary N) is 1. The van der Waals surface area contributed by atoms with E-state index in [1.54, 1.807) is 24.3 Å². The summed E-state index contributed by atoms with van der Waals surface area (Å²) in [5, 5.41) is 23.8. The largest absolute Gasteiger partial charge is 0.478 e. The van der Waals surface area contributed by atoms with Gasteiger partial charge in [0, 0.05) is 10.7 Å². The first kappa shape index (κ1) is 20.9. The van der Waals surface area contributed by atoms with Crippen molar-refractivity contribution in [2.45, 2.75) is 31.4 Å². The molecule has 0 aromatic heterocycles. The van der Waals surface area contributed by atoms with E-state index in [1.165, 1.54) is 5.56 Å². The topological polar surface area (TPSA) is 69.6 Å². The van der Waals surface area contributed by atoms with Crippen LogP contribution in [-0.2, 0) is 6.42 Å². The minimum Gasteiger partial charge on any atom is -0.478 e. The molecule has 0 aliphatic rings. The molecule has 3 aromatic carbocycles. The molecular formula is C24H24ClNO3. The number of anilines is 1. The average molecular weight is 410 g/mol. The van der Waals surface area contributed by atoms with Crippen molar-refractivity contribution >= 4 is 23.3 Å². The van der Waals surface area contributed by atoms with Gasteiger partial charge in [0.25, 0.3) is 0 Å². The second-order valence-electron chi connectivity index (χ2n) is 7.04. The minimum absolute atomic E-state index is 0.131. The highest BCUT2D eigenvalue weighted by atomic mass is 35.5. The van der Waals surface area contributed by atoms with Crippen LogP contribution in [0.25, 0.3) is 0 Å². The molecule has 3 aromatic rings. The Morgan fingerprint density at radius 2 is 1.59 bits per heavy atom. The molecule has 0 fully saturated rings. The number of hydrogen-bond donors (Lipinski definition) is 3. The van der Waals surface area contributed by atoms with Gasteiger partial charge in [-0.2, -0.15) is 0 Å². The van der Waals surface area contributed by atoms with Crippen molar-refractivity contribution in [3.8, 4) is 0 Å². The van der Waals surface area contributed by atoms with E-state index in [2.05, 4.69) is 17.4 Å². The van der Waals surface area contributed by atoms with Crippen LogP contribution < -0.4 is 5.32 Å². The molecular weight excluding hydrogens is 386 g/mol. The Hall–Kier alpha value is -2.82. The van der Waals surface area contributed by atoms with Crippen LogP contribution in [0, 0.1) is 0 Å². The zero-order chi connectivity index (χ0) is 20.6. The van der Waals surface area contributed by atoms with Gasteiger partial charge in [-0.3, -0.25) is 0 Å². The lowest BCUT2D eigenvalue weighted by Crippen LogP contribution is -2.19. The number of rotatable bonds is 9.